The van der Waals surface area contributed by atoms with E-state index in [0.717, 1.165) is 28.7 Å². The highest BCUT2D eigenvalue weighted by molar-refractivity contribution is 6.46. The minimum atomic E-state index is -1.18. The van der Waals surface area contributed by atoms with Crippen LogP contribution >= 0.6 is 0 Å². The molecule has 32 heavy (non-hydrogen) atoms. The normalized spacial score (nSPS) is 14.0. The van der Waals surface area contributed by atoms with Crippen LogP contribution in [0.15, 0.2) is 72.4 Å². The molecule has 1 aliphatic rings. The Hall–Kier alpha value is -3.87. The maximum absolute atomic E-state index is 13.8. The van der Waals surface area contributed by atoms with Crippen LogP contribution in [0.5, 0.6) is 0 Å². The summed E-state index contributed by atoms with van der Waals surface area (Å²) in [6.45, 7) is 4.10. The third-order valence-electron chi connectivity index (χ3n) is 5.22. The third kappa shape index (κ3) is 3.89. The lowest BCUT2D eigenvalue weighted by atomic mass is 10.0. The van der Waals surface area contributed by atoms with Crippen LogP contribution in [0.4, 0.5) is 24.5 Å². The first kappa shape index (κ1) is 21.4. The van der Waals surface area contributed by atoms with Gasteiger partial charge in [0.1, 0.15) is 11.5 Å². The van der Waals surface area contributed by atoms with Gasteiger partial charge in [-0.05, 0) is 53.4 Å². The number of carbonyl (C=O) groups excluding carboxylic acids is 2. The zero-order valence-electron chi connectivity index (χ0n) is 17.3. The van der Waals surface area contributed by atoms with Gasteiger partial charge in [-0.1, -0.05) is 38.1 Å². The molecular weight excluding hydrogens is 417 g/mol. The summed E-state index contributed by atoms with van der Waals surface area (Å²) in [7, 11) is 0. The van der Waals surface area contributed by atoms with Gasteiger partial charge in [0.15, 0.2) is 11.6 Å². The van der Waals surface area contributed by atoms with E-state index in [4.69, 9.17) is 0 Å². The molecule has 2 amide bonds. The molecule has 0 bridgehead atoms. The number of carbonyl (C=O) groups is 2. The van der Waals surface area contributed by atoms with Crippen molar-refractivity contribution >= 4 is 28.8 Å². The molecule has 3 aromatic rings. The zero-order chi connectivity index (χ0) is 23.0. The first-order valence-electron chi connectivity index (χ1n) is 9.97. The van der Waals surface area contributed by atoms with E-state index in [2.05, 4.69) is 19.2 Å². The molecule has 1 heterocycles. The van der Waals surface area contributed by atoms with Gasteiger partial charge in [-0.2, -0.15) is 0 Å². The average molecular weight is 436 g/mol. The van der Waals surface area contributed by atoms with E-state index in [-0.39, 0.29) is 17.0 Å². The SMILES string of the molecule is CC(C)c1ccc(NC2=C(c3ccc(F)cc3)C(=O)N(c3ccc(F)c(F)c3)C2=O)cc1. The molecule has 0 radical (unpaired) electrons. The van der Waals surface area contributed by atoms with Crippen LogP contribution in [0.25, 0.3) is 5.57 Å². The van der Waals surface area contributed by atoms with E-state index >= 15 is 0 Å². The number of anilines is 2. The Morgan fingerprint density at radius 1 is 0.781 bits per heavy atom. The summed E-state index contributed by atoms with van der Waals surface area (Å²) in [5.41, 5.74) is 1.84. The Morgan fingerprint density at radius 2 is 1.44 bits per heavy atom. The lowest BCUT2D eigenvalue weighted by Gasteiger charge is -2.16. The number of rotatable bonds is 5. The maximum atomic E-state index is 13.8. The van der Waals surface area contributed by atoms with Gasteiger partial charge in [0, 0.05) is 11.8 Å². The summed E-state index contributed by atoms with van der Waals surface area (Å²) in [6, 6.07) is 15.3. The molecule has 0 atom stereocenters. The van der Waals surface area contributed by atoms with Crippen LogP contribution < -0.4 is 10.2 Å². The number of amides is 2. The predicted octanol–water partition coefficient (Wildman–Crippen LogP) is 5.62. The molecule has 4 nitrogen and oxygen atoms in total. The van der Waals surface area contributed by atoms with E-state index in [0.29, 0.717) is 17.2 Å². The minimum absolute atomic E-state index is 0.00710. The lowest BCUT2D eigenvalue weighted by Crippen LogP contribution is -2.32. The Balaban J connectivity index is 1.78. The fraction of sp³-hybridized carbons (Fsp3) is 0.120. The largest absolute Gasteiger partial charge is 0.350 e. The minimum Gasteiger partial charge on any atom is -0.350 e. The van der Waals surface area contributed by atoms with Crippen LogP contribution in [0.3, 0.4) is 0 Å². The van der Waals surface area contributed by atoms with E-state index in [1.54, 1.807) is 12.1 Å². The van der Waals surface area contributed by atoms with Crippen LogP contribution in [0, 0.1) is 17.5 Å². The molecule has 1 N–H and O–H groups in total. The molecule has 4 rings (SSSR count). The molecule has 0 saturated heterocycles. The van der Waals surface area contributed by atoms with Crippen molar-refractivity contribution in [2.24, 2.45) is 0 Å². The van der Waals surface area contributed by atoms with Gasteiger partial charge in [0.25, 0.3) is 11.8 Å². The first-order chi connectivity index (χ1) is 15.3. The lowest BCUT2D eigenvalue weighted by molar-refractivity contribution is -0.120. The highest BCUT2D eigenvalue weighted by atomic mass is 19.2. The monoisotopic (exact) mass is 436 g/mol. The summed E-state index contributed by atoms with van der Waals surface area (Å²) in [6.07, 6.45) is 0. The summed E-state index contributed by atoms with van der Waals surface area (Å²) in [5.74, 6) is -3.92. The fourth-order valence-corrected chi connectivity index (χ4v) is 3.48. The second kappa shape index (κ2) is 8.34. The van der Waals surface area contributed by atoms with Crippen molar-refractivity contribution in [2.75, 3.05) is 10.2 Å². The number of benzene rings is 3. The fourth-order valence-electron chi connectivity index (χ4n) is 3.48. The topological polar surface area (TPSA) is 49.4 Å². The highest BCUT2D eigenvalue weighted by Gasteiger charge is 2.40. The smallest absolute Gasteiger partial charge is 0.282 e. The number of nitrogens with zero attached hydrogens (tertiary/aromatic N) is 1. The van der Waals surface area contributed by atoms with Crippen molar-refractivity contribution in [3.8, 4) is 0 Å². The van der Waals surface area contributed by atoms with Crippen molar-refractivity contribution in [3.05, 3.63) is 101 Å². The average Bonchev–Trinajstić information content (AvgIpc) is 3.01. The zero-order valence-corrected chi connectivity index (χ0v) is 17.3. The Labute approximate surface area is 183 Å². The first-order valence-corrected chi connectivity index (χ1v) is 9.97. The van der Waals surface area contributed by atoms with Crippen molar-refractivity contribution < 1.29 is 22.8 Å². The molecule has 7 heteroatoms. The molecule has 3 aromatic carbocycles. The standard InChI is InChI=1S/C25H19F3N2O2/c1-14(2)15-5-9-18(10-6-15)29-23-22(16-3-7-17(26)8-4-16)24(31)30(25(23)32)19-11-12-20(27)21(28)13-19/h3-14,29H,1-2H3. The summed E-state index contributed by atoms with van der Waals surface area (Å²) in [4.78, 5) is 27.2. The number of nitrogens with one attached hydrogen (secondary N) is 1. The molecule has 0 unspecified atom stereocenters. The second-order valence-electron chi connectivity index (χ2n) is 7.70. The molecular formula is C25H19F3N2O2. The van der Waals surface area contributed by atoms with Gasteiger partial charge < -0.3 is 5.32 Å². The quantitative estimate of drug-likeness (QED) is 0.528. The number of hydrogen-bond acceptors (Lipinski definition) is 3. The van der Waals surface area contributed by atoms with E-state index in [9.17, 15) is 22.8 Å². The van der Waals surface area contributed by atoms with Crippen molar-refractivity contribution in [3.63, 3.8) is 0 Å². The third-order valence-corrected chi connectivity index (χ3v) is 5.22. The molecule has 0 aromatic heterocycles. The van der Waals surface area contributed by atoms with Crippen molar-refractivity contribution in [1.82, 2.24) is 0 Å². The predicted molar refractivity (Wildman–Crippen MR) is 116 cm³/mol. The highest BCUT2D eigenvalue weighted by Crippen LogP contribution is 2.34. The second-order valence-corrected chi connectivity index (χ2v) is 7.70. The molecule has 0 spiro atoms. The van der Waals surface area contributed by atoms with E-state index in [1.807, 2.05) is 12.1 Å². The molecule has 0 aliphatic carbocycles. The van der Waals surface area contributed by atoms with E-state index in [1.165, 1.54) is 24.3 Å². The van der Waals surface area contributed by atoms with E-state index < -0.39 is 29.3 Å². The summed E-state index contributed by atoms with van der Waals surface area (Å²) >= 11 is 0. The summed E-state index contributed by atoms with van der Waals surface area (Å²) < 4.78 is 40.6. The maximum Gasteiger partial charge on any atom is 0.282 e. The van der Waals surface area contributed by atoms with Crippen LogP contribution in [-0.2, 0) is 9.59 Å². The van der Waals surface area contributed by atoms with Gasteiger partial charge in [-0.25, -0.2) is 18.1 Å². The van der Waals surface area contributed by atoms with Crippen molar-refractivity contribution in [2.45, 2.75) is 19.8 Å². The number of hydrogen-bond donors (Lipinski definition) is 1. The van der Waals surface area contributed by atoms with Crippen LogP contribution in [0.2, 0.25) is 0 Å². The van der Waals surface area contributed by atoms with Crippen LogP contribution in [0.1, 0.15) is 30.9 Å². The Morgan fingerprint density at radius 3 is 2.03 bits per heavy atom. The van der Waals surface area contributed by atoms with Crippen LogP contribution in [-0.4, -0.2) is 11.8 Å². The van der Waals surface area contributed by atoms with Gasteiger partial charge in [0.05, 0.1) is 11.3 Å². The Bertz CT molecular complexity index is 1230. The number of imide groups is 1. The van der Waals surface area contributed by atoms with Gasteiger partial charge in [-0.3, -0.25) is 9.59 Å². The Kier molecular flexibility index (Phi) is 5.57. The molecule has 0 saturated carbocycles. The van der Waals surface area contributed by atoms with Gasteiger partial charge in [-0.15, -0.1) is 0 Å². The molecule has 162 valence electrons. The molecule has 0 fully saturated rings. The molecule has 1 aliphatic heterocycles. The van der Waals surface area contributed by atoms with Gasteiger partial charge in [0.2, 0.25) is 0 Å². The number of halogens is 3. The summed E-state index contributed by atoms with van der Waals surface area (Å²) in [5, 5.41) is 2.98. The van der Waals surface area contributed by atoms with Crippen molar-refractivity contribution in [1.29, 1.82) is 0 Å². The van der Waals surface area contributed by atoms with Gasteiger partial charge >= 0.3 is 0 Å².